The molecule has 104 valence electrons. The topological polar surface area (TPSA) is 56.7 Å². The number of thiophene rings is 1. The van der Waals surface area contributed by atoms with Gasteiger partial charge < -0.3 is 15.7 Å². The summed E-state index contributed by atoms with van der Waals surface area (Å²) in [6, 6.07) is 2.08. The minimum absolute atomic E-state index is 0. The molecule has 0 saturated heterocycles. The Labute approximate surface area is 130 Å². The van der Waals surface area contributed by atoms with E-state index in [9.17, 15) is 0 Å². The van der Waals surface area contributed by atoms with E-state index in [-0.39, 0.29) is 36.5 Å². The number of nitrogens with one attached hydrogen (secondary N) is 2. The Morgan fingerprint density at radius 1 is 1.50 bits per heavy atom. The lowest BCUT2D eigenvalue weighted by Gasteiger charge is -2.13. The van der Waals surface area contributed by atoms with Crippen molar-refractivity contribution in [3.8, 4) is 0 Å². The summed E-state index contributed by atoms with van der Waals surface area (Å²) in [7, 11) is 0. The van der Waals surface area contributed by atoms with Gasteiger partial charge in [-0.15, -0.1) is 24.0 Å². The molecule has 1 unspecified atom stereocenters. The second-order valence-corrected chi connectivity index (χ2v) is 4.78. The van der Waals surface area contributed by atoms with Crippen LogP contribution in [0.25, 0.3) is 0 Å². The first kappa shape index (κ1) is 17.7. The molecular weight excluding hydrogens is 361 g/mol. The van der Waals surface area contributed by atoms with Crippen molar-refractivity contribution in [3.05, 3.63) is 22.4 Å². The van der Waals surface area contributed by atoms with Crippen LogP contribution in [-0.4, -0.2) is 30.8 Å². The Bertz CT molecular complexity index is 330. The smallest absolute Gasteiger partial charge is 0.191 e. The fraction of sp³-hybridized carbons (Fsp3) is 0.583. The van der Waals surface area contributed by atoms with Crippen LogP contribution in [0.15, 0.2) is 21.8 Å². The molecule has 0 saturated carbocycles. The molecule has 0 aliphatic carbocycles. The van der Waals surface area contributed by atoms with Crippen molar-refractivity contribution in [3.63, 3.8) is 0 Å². The highest BCUT2D eigenvalue weighted by molar-refractivity contribution is 14.0. The molecule has 0 radical (unpaired) electrons. The maximum atomic E-state index is 8.96. The summed E-state index contributed by atoms with van der Waals surface area (Å²) in [5.74, 6) is 1.04. The van der Waals surface area contributed by atoms with E-state index >= 15 is 0 Å². The van der Waals surface area contributed by atoms with Crippen LogP contribution < -0.4 is 10.6 Å². The number of nitrogens with zero attached hydrogens (tertiary/aromatic N) is 1. The number of guanidine groups is 1. The van der Waals surface area contributed by atoms with Crippen LogP contribution in [0.3, 0.4) is 0 Å². The lowest BCUT2D eigenvalue weighted by Crippen LogP contribution is -2.39. The molecule has 0 fully saturated rings. The fourth-order valence-electron chi connectivity index (χ4n) is 1.23. The molecule has 0 bridgehead atoms. The Kier molecular flexibility index (Phi) is 10.4. The fourth-order valence-corrected chi connectivity index (χ4v) is 1.89. The van der Waals surface area contributed by atoms with Crippen molar-refractivity contribution >= 4 is 41.3 Å². The minimum Gasteiger partial charge on any atom is -0.396 e. The molecule has 0 aromatic carbocycles. The van der Waals surface area contributed by atoms with Crippen LogP contribution >= 0.6 is 35.3 Å². The van der Waals surface area contributed by atoms with Crippen LogP contribution in [0.5, 0.6) is 0 Å². The van der Waals surface area contributed by atoms with Crippen LogP contribution in [0.2, 0.25) is 0 Å². The van der Waals surface area contributed by atoms with Crippen LogP contribution in [-0.2, 0) is 6.54 Å². The van der Waals surface area contributed by atoms with Gasteiger partial charge in [0.1, 0.15) is 0 Å². The third-order valence-electron chi connectivity index (χ3n) is 2.27. The van der Waals surface area contributed by atoms with Gasteiger partial charge in [0.2, 0.25) is 0 Å². The summed E-state index contributed by atoms with van der Waals surface area (Å²) in [4.78, 5) is 4.48. The molecule has 18 heavy (non-hydrogen) atoms. The second-order valence-electron chi connectivity index (χ2n) is 4.00. The van der Waals surface area contributed by atoms with Crippen molar-refractivity contribution in [1.29, 1.82) is 0 Å². The van der Waals surface area contributed by atoms with Gasteiger partial charge in [-0.2, -0.15) is 11.3 Å². The summed E-state index contributed by atoms with van der Waals surface area (Å²) in [6.45, 7) is 6.48. The molecule has 1 atom stereocenters. The summed E-state index contributed by atoms with van der Waals surface area (Å²) in [5.41, 5.74) is 1.22. The van der Waals surface area contributed by atoms with Crippen LogP contribution in [0, 0.1) is 5.92 Å². The highest BCUT2D eigenvalue weighted by atomic mass is 127. The largest absolute Gasteiger partial charge is 0.396 e. The molecule has 1 rings (SSSR count). The third kappa shape index (κ3) is 7.17. The van der Waals surface area contributed by atoms with E-state index in [1.807, 2.05) is 13.8 Å². The molecule has 0 aliphatic heterocycles. The number of halogens is 1. The van der Waals surface area contributed by atoms with Gasteiger partial charge in [0.05, 0.1) is 6.54 Å². The summed E-state index contributed by atoms with van der Waals surface area (Å²) in [5, 5.41) is 19.5. The van der Waals surface area contributed by atoms with E-state index < -0.39 is 0 Å². The predicted molar refractivity (Wildman–Crippen MR) is 88.8 cm³/mol. The van der Waals surface area contributed by atoms with Crippen molar-refractivity contribution < 1.29 is 5.11 Å². The third-order valence-corrected chi connectivity index (χ3v) is 3.01. The number of hydrogen-bond acceptors (Lipinski definition) is 3. The highest BCUT2D eigenvalue weighted by Crippen LogP contribution is 2.06. The number of rotatable bonds is 6. The van der Waals surface area contributed by atoms with Gasteiger partial charge in [0, 0.05) is 19.7 Å². The zero-order valence-electron chi connectivity index (χ0n) is 10.8. The molecule has 0 aliphatic rings. The van der Waals surface area contributed by atoms with E-state index in [0.29, 0.717) is 6.54 Å². The first-order chi connectivity index (χ1) is 8.26. The summed E-state index contributed by atoms with van der Waals surface area (Å²) < 4.78 is 0. The van der Waals surface area contributed by atoms with Crippen LogP contribution in [0.4, 0.5) is 0 Å². The second kappa shape index (κ2) is 10.6. The normalized spacial score (nSPS) is 12.7. The molecular formula is C12H22IN3OS. The van der Waals surface area contributed by atoms with Gasteiger partial charge in [0.25, 0.3) is 0 Å². The van der Waals surface area contributed by atoms with Gasteiger partial charge in [-0.25, -0.2) is 4.99 Å². The first-order valence-electron chi connectivity index (χ1n) is 5.90. The monoisotopic (exact) mass is 383 g/mol. The zero-order valence-corrected chi connectivity index (χ0v) is 14.0. The van der Waals surface area contributed by atoms with Gasteiger partial charge in [-0.3, -0.25) is 0 Å². The molecule has 1 aromatic heterocycles. The number of aliphatic hydroxyl groups excluding tert-OH is 1. The lowest BCUT2D eigenvalue weighted by atomic mass is 10.2. The van der Waals surface area contributed by atoms with E-state index in [4.69, 9.17) is 5.11 Å². The molecule has 4 nitrogen and oxygen atoms in total. The highest BCUT2D eigenvalue weighted by Gasteiger charge is 2.02. The predicted octanol–water partition coefficient (Wildman–Crippen LogP) is 2.05. The van der Waals surface area contributed by atoms with Gasteiger partial charge >= 0.3 is 0 Å². The zero-order chi connectivity index (χ0) is 12.5. The van der Waals surface area contributed by atoms with Crippen molar-refractivity contribution in [2.24, 2.45) is 10.9 Å². The van der Waals surface area contributed by atoms with E-state index in [1.165, 1.54) is 5.56 Å². The first-order valence-corrected chi connectivity index (χ1v) is 6.84. The van der Waals surface area contributed by atoms with E-state index in [0.717, 1.165) is 19.0 Å². The Morgan fingerprint density at radius 2 is 2.28 bits per heavy atom. The molecule has 0 spiro atoms. The van der Waals surface area contributed by atoms with Crippen molar-refractivity contribution in [2.75, 3.05) is 19.7 Å². The van der Waals surface area contributed by atoms with Gasteiger partial charge in [-0.1, -0.05) is 6.92 Å². The van der Waals surface area contributed by atoms with E-state index in [2.05, 4.69) is 32.5 Å². The molecule has 3 N–H and O–H groups in total. The van der Waals surface area contributed by atoms with Crippen LogP contribution in [0.1, 0.15) is 19.4 Å². The SMILES string of the molecule is CCNC(=NCc1ccsc1)NCC(C)CO.I. The number of aliphatic hydroxyl groups is 1. The summed E-state index contributed by atoms with van der Waals surface area (Å²) in [6.07, 6.45) is 0. The Morgan fingerprint density at radius 3 is 2.83 bits per heavy atom. The Balaban J connectivity index is 0.00000289. The van der Waals surface area contributed by atoms with Crippen molar-refractivity contribution in [1.82, 2.24) is 10.6 Å². The minimum atomic E-state index is 0. The molecule has 1 heterocycles. The maximum Gasteiger partial charge on any atom is 0.191 e. The average Bonchev–Trinajstić information content (AvgIpc) is 2.85. The molecule has 1 aromatic rings. The molecule has 6 heteroatoms. The summed E-state index contributed by atoms with van der Waals surface area (Å²) >= 11 is 1.68. The lowest BCUT2D eigenvalue weighted by molar-refractivity contribution is 0.238. The average molecular weight is 383 g/mol. The van der Waals surface area contributed by atoms with Gasteiger partial charge in [-0.05, 0) is 35.2 Å². The quantitative estimate of drug-likeness (QED) is 0.401. The number of aliphatic imine (C=N–C) groups is 1. The maximum absolute atomic E-state index is 8.96. The standard InChI is InChI=1S/C12H21N3OS.HI/c1-3-13-12(14-6-10(2)8-16)15-7-11-4-5-17-9-11;/h4-5,9-10,16H,3,6-8H2,1-2H3,(H2,13,14,15);1H. The van der Waals surface area contributed by atoms with Crippen molar-refractivity contribution in [2.45, 2.75) is 20.4 Å². The number of hydrogen-bond donors (Lipinski definition) is 3. The van der Waals surface area contributed by atoms with Gasteiger partial charge in [0.15, 0.2) is 5.96 Å². The van der Waals surface area contributed by atoms with E-state index in [1.54, 1.807) is 11.3 Å². The Hall–Kier alpha value is -0.340. The molecule has 0 amide bonds.